The molecule has 1 heterocycles. The molecule has 1 N–H and O–H groups in total. The van der Waals surface area contributed by atoms with Crippen LogP contribution in [-0.2, 0) is 11.8 Å². The van der Waals surface area contributed by atoms with Gasteiger partial charge in [-0.1, -0.05) is 13.8 Å². The number of ether oxygens (including phenoxy) is 1. The Labute approximate surface area is 98.0 Å². The van der Waals surface area contributed by atoms with E-state index in [0.717, 1.165) is 26.0 Å². The van der Waals surface area contributed by atoms with Gasteiger partial charge in [-0.15, -0.1) is 0 Å². The molecule has 0 aromatic carbocycles. The molecule has 0 aliphatic carbocycles. The summed E-state index contributed by atoms with van der Waals surface area (Å²) < 4.78 is 7.52. The van der Waals surface area contributed by atoms with Gasteiger partial charge in [-0.25, -0.2) is 0 Å². The number of aromatic nitrogens is 2. The minimum absolute atomic E-state index is 0.249. The maximum Gasteiger partial charge on any atom is 0.0729 e. The van der Waals surface area contributed by atoms with Crippen molar-refractivity contribution < 1.29 is 4.74 Å². The molecule has 1 atom stereocenters. The monoisotopic (exact) mass is 225 g/mol. The molecule has 0 aliphatic rings. The molecule has 0 fully saturated rings. The summed E-state index contributed by atoms with van der Waals surface area (Å²) in [6.07, 6.45) is 4.02. The normalized spacial score (nSPS) is 12.9. The third kappa shape index (κ3) is 3.94. The highest BCUT2D eigenvalue weighted by atomic mass is 16.5. The zero-order valence-corrected chi connectivity index (χ0v) is 10.6. The van der Waals surface area contributed by atoms with Crippen molar-refractivity contribution in [3.63, 3.8) is 0 Å². The summed E-state index contributed by atoms with van der Waals surface area (Å²) in [6.45, 7) is 6.83. The van der Waals surface area contributed by atoms with Crippen LogP contribution in [0.1, 0.15) is 38.4 Å². The largest absolute Gasteiger partial charge is 0.379 e. The Balaban J connectivity index is 2.53. The average molecular weight is 225 g/mol. The molecule has 1 rings (SSSR count). The summed E-state index contributed by atoms with van der Waals surface area (Å²) in [5.74, 6) is 0. The van der Waals surface area contributed by atoms with E-state index >= 15 is 0 Å². The SMILES string of the molecule is CCCNC(COCCC)c1ccnn1C. The van der Waals surface area contributed by atoms with Crippen LogP contribution < -0.4 is 5.32 Å². The minimum Gasteiger partial charge on any atom is -0.379 e. The Morgan fingerprint density at radius 2 is 2.25 bits per heavy atom. The van der Waals surface area contributed by atoms with Gasteiger partial charge < -0.3 is 10.1 Å². The first-order valence-corrected chi connectivity index (χ1v) is 6.08. The van der Waals surface area contributed by atoms with Crippen LogP contribution in [0, 0.1) is 0 Å². The molecule has 1 aromatic rings. The Bertz CT molecular complexity index is 286. The molecule has 0 spiro atoms. The maximum atomic E-state index is 5.62. The highest BCUT2D eigenvalue weighted by Gasteiger charge is 2.13. The summed E-state index contributed by atoms with van der Waals surface area (Å²) in [6, 6.07) is 2.29. The molecule has 1 aromatic heterocycles. The lowest BCUT2D eigenvalue weighted by Crippen LogP contribution is -2.28. The molecule has 0 radical (unpaired) electrons. The highest BCUT2D eigenvalue weighted by Crippen LogP contribution is 2.12. The van der Waals surface area contributed by atoms with Crippen molar-refractivity contribution >= 4 is 0 Å². The van der Waals surface area contributed by atoms with Gasteiger partial charge in [0.1, 0.15) is 0 Å². The van der Waals surface area contributed by atoms with Gasteiger partial charge in [-0.3, -0.25) is 4.68 Å². The van der Waals surface area contributed by atoms with E-state index < -0.39 is 0 Å². The lowest BCUT2D eigenvalue weighted by molar-refractivity contribution is 0.110. The molecule has 16 heavy (non-hydrogen) atoms. The molecular weight excluding hydrogens is 202 g/mol. The van der Waals surface area contributed by atoms with E-state index in [-0.39, 0.29) is 6.04 Å². The first-order chi connectivity index (χ1) is 7.79. The van der Waals surface area contributed by atoms with Crippen LogP contribution in [-0.4, -0.2) is 29.5 Å². The number of hydrogen-bond donors (Lipinski definition) is 1. The van der Waals surface area contributed by atoms with Gasteiger partial charge in [0.25, 0.3) is 0 Å². The van der Waals surface area contributed by atoms with Crippen molar-refractivity contribution in [2.45, 2.75) is 32.7 Å². The van der Waals surface area contributed by atoms with Gasteiger partial charge in [0.15, 0.2) is 0 Å². The van der Waals surface area contributed by atoms with Crippen molar-refractivity contribution in [1.29, 1.82) is 0 Å². The van der Waals surface area contributed by atoms with Crippen LogP contribution in [0.3, 0.4) is 0 Å². The second-order valence-corrected chi connectivity index (χ2v) is 3.96. The number of nitrogens with one attached hydrogen (secondary N) is 1. The Morgan fingerprint density at radius 3 is 2.81 bits per heavy atom. The highest BCUT2D eigenvalue weighted by molar-refractivity contribution is 5.06. The van der Waals surface area contributed by atoms with Crippen LogP contribution in [0.25, 0.3) is 0 Å². The van der Waals surface area contributed by atoms with Crippen molar-refractivity contribution in [3.8, 4) is 0 Å². The van der Waals surface area contributed by atoms with Gasteiger partial charge >= 0.3 is 0 Å². The van der Waals surface area contributed by atoms with Gasteiger partial charge in [-0.2, -0.15) is 5.10 Å². The summed E-state index contributed by atoms with van der Waals surface area (Å²) in [4.78, 5) is 0. The second-order valence-electron chi connectivity index (χ2n) is 3.96. The van der Waals surface area contributed by atoms with Crippen LogP contribution in [0.5, 0.6) is 0 Å². The van der Waals surface area contributed by atoms with Gasteiger partial charge in [0, 0.05) is 19.9 Å². The lowest BCUT2D eigenvalue weighted by atomic mass is 10.2. The molecule has 0 bridgehead atoms. The molecule has 0 saturated heterocycles. The fraction of sp³-hybridized carbons (Fsp3) is 0.750. The minimum atomic E-state index is 0.249. The zero-order valence-electron chi connectivity index (χ0n) is 10.6. The van der Waals surface area contributed by atoms with E-state index in [1.54, 1.807) is 0 Å². The van der Waals surface area contributed by atoms with E-state index in [0.29, 0.717) is 6.61 Å². The van der Waals surface area contributed by atoms with Crippen molar-refractivity contribution in [2.75, 3.05) is 19.8 Å². The van der Waals surface area contributed by atoms with E-state index in [2.05, 4.69) is 24.3 Å². The van der Waals surface area contributed by atoms with Crippen LogP contribution >= 0.6 is 0 Å². The standard InChI is InChI=1S/C12H23N3O/c1-4-7-13-11(10-16-9-5-2)12-6-8-14-15(12)3/h6,8,11,13H,4-5,7,9-10H2,1-3H3. The first-order valence-electron chi connectivity index (χ1n) is 6.08. The van der Waals surface area contributed by atoms with Gasteiger partial charge in [0.05, 0.1) is 18.3 Å². The average Bonchev–Trinajstić information content (AvgIpc) is 2.70. The smallest absolute Gasteiger partial charge is 0.0729 e. The van der Waals surface area contributed by atoms with Crippen LogP contribution in [0.15, 0.2) is 12.3 Å². The molecule has 4 nitrogen and oxygen atoms in total. The quantitative estimate of drug-likeness (QED) is 0.687. The number of aryl methyl sites for hydroxylation is 1. The molecular formula is C12H23N3O. The van der Waals surface area contributed by atoms with E-state index in [1.165, 1.54) is 5.69 Å². The number of hydrogen-bond acceptors (Lipinski definition) is 3. The van der Waals surface area contributed by atoms with Crippen molar-refractivity contribution in [2.24, 2.45) is 7.05 Å². The Kier molecular flexibility index (Phi) is 6.11. The maximum absolute atomic E-state index is 5.62. The fourth-order valence-corrected chi connectivity index (χ4v) is 1.64. The van der Waals surface area contributed by atoms with Gasteiger partial charge in [0.2, 0.25) is 0 Å². The topological polar surface area (TPSA) is 39.1 Å². The predicted molar refractivity (Wildman–Crippen MR) is 65.4 cm³/mol. The Morgan fingerprint density at radius 1 is 1.44 bits per heavy atom. The van der Waals surface area contributed by atoms with E-state index in [9.17, 15) is 0 Å². The molecule has 4 heteroatoms. The second kappa shape index (κ2) is 7.41. The van der Waals surface area contributed by atoms with E-state index in [1.807, 2.05) is 24.0 Å². The van der Waals surface area contributed by atoms with E-state index in [4.69, 9.17) is 4.74 Å². The van der Waals surface area contributed by atoms with Gasteiger partial charge in [-0.05, 0) is 25.5 Å². The Hall–Kier alpha value is -0.870. The van der Waals surface area contributed by atoms with Crippen LogP contribution in [0.4, 0.5) is 0 Å². The lowest BCUT2D eigenvalue weighted by Gasteiger charge is -2.18. The van der Waals surface area contributed by atoms with Crippen molar-refractivity contribution in [1.82, 2.24) is 15.1 Å². The van der Waals surface area contributed by atoms with Crippen molar-refractivity contribution in [3.05, 3.63) is 18.0 Å². The predicted octanol–water partition coefficient (Wildman–Crippen LogP) is 1.89. The molecule has 1 unspecified atom stereocenters. The zero-order chi connectivity index (χ0) is 11.8. The number of rotatable bonds is 8. The summed E-state index contributed by atoms with van der Waals surface area (Å²) in [5.41, 5.74) is 1.18. The third-order valence-electron chi connectivity index (χ3n) is 2.49. The molecule has 0 aliphatic heterocycles. The first kappa shape index (κ1) is 13.2. The van der Waals surface area contributed by atoms with Crippen LogP contribution in [0.2, 0.25) is 0 Å². The fourth-order valence-electron chi connectivity index (χ4n) is 1.64. The number of nitrogens with zero attached hydrogens (tertiary/aromatic N) is 2. The summed E-state index contributed by atoms with van der Waals surface area (Å²) in [5, 5.41) is 7.68. The summed E-state index contributed by atoms with van der Waals surface area (Å²) >= 11 is 0. The molecule has 0 amide bonds. The third-order valence-corrected chi connectivity index (χ3v) is 2.49. The summed E-state index contributed by atoms with van der Waals surface area (Å²) in [7, 11) is 1.97. The molecule has 0 saturated carbocycles. The molecule has 92 valence electrons.